The van der Waals surface area contributed by atoms with Crippen molar-refractivity contribution >= 4 is 30.8 Å². The van der Waals surface area contributed by atoms with E-state index < -0.39 is 25.1 Å². The molecule has 48 heavy (non-hydrogen) atoms. The van der Waals surface area contributed by atoms with Gasteiger partial charge in [-0.3, -0.25) is 0 Å². The number of rotatable bonds is 15. The first kappa shape index (κ1) is 35.6. The summed E-state index contributed by atoms with van der Waals surface area (Å²) in [5.41, 5.74) is 4.54. The fourth-order valence-electron chi connectivity index (χ4n) is 6.31. The van der Waals surface area contributed by atoms with Crippen LogP contribution in [0, 0.1) is 0 Å². The minimum absolute atomic E-state index is 0.107. The molecule has 6 nitrogen and oxygen atoms in total. The van der Waals surface area contributed by atoms with Gasteiger partial charge in [0, 0.05) is 11.6 Å². The van der Waals surface area contributed by atoms with Gasteiger partial charge in [-0.15, -0.1) is 0 Å². The molecule has 0 saturated carbocycles. The van der Waals surface area contributed by atoms with E-state index in [2.05, 4.69) is 45.9 Å². The summed E-state index contributed by atoms with van der Waals surface area (Å²) >= 11 is 0. The second-order valence-corrected chi connectivity index (χ2v) is 17.3. The minimum atomic E-state index is -3.74. The van der Waals surface area contributed by atoms with Gasteiger partial charge in [0.1, 0.15) is 0 Å². The van der Waals surface area contributed by atoms with Crippen molar-refractivity contribution in [1.82, 2.24) is 3.97 Å². The molecular formula is C40H47NO5S2. The SMILES string of the molecule is CC(C)=CCC[C@@]1(C)O[C@@H]1CC(/C(C)=C/CC/C(C)=C/Cc1cn(S(=O)(=O)c2ccccc2)c2ccccc12)S(=O)(=O)c1ccccc1. The molecule has 1 aromatic heterocycles. The van der Waals surface area contributed by atoms with Crippen LogP contribution < -0.4 is 0 Å². The van der Waals surface area contributed by atoms with Gasteiger partial charge >= 0.3 is 0 Å². The molecule has 0 N–H and O–H groups in total. The van der Waals surface area contributed by atoms with Crippen LogP contribution in [0.1, 0.15) is 72.3 Å². The number of sulfone groups is 1. The van der Waals surface area contributed by atoms with Crippen LogP contribution in [0.5, 0.6) is 0 Å². The number of aromatic nitrogens is 1. The van der Waals surface area contributed by atoms with Gasteiger partial charge in [-0.25, -0.2) is 20.8 Å². The zero-order valence-corrected chi connectivity index (χ0v) is 30.2. The predicted octanol–water partition coefficient (Wildman–Crippen LogP) is 9.23. The molecule has 1 fully saturated rings. The number of nitrogens with zero attached hydrogens (tertiary/aromatic N) is 1. The first-order valence-electron chi connectivity index (χ1n) is 16.6. The highest BCUT2D eigenvalue weighted by Gasteiger charge is 2.53. The van der Waals surface area contributed by atoms with Gasteiger partial charge in [0.15, 0.2) is 9.84 Å². The number of hydrogen-bond acceptors (Lipinski definition) is 5. The molecule has 1 aliphatic rings. The lowest BCUT2D eigenvalue weighted by Crippen LogP contribution is -2.26. The summed E-state index contributed by atoms with van der Waals surface area (Å²) in [5.74, 6) is 0. The van der Waals surface area contributed by atoms with E-state index in [1.165, 1.54) is 9.55 Å². The summed E-state index contributed by atoms with van der Waals surface area (Å²) in [6.07, 6.45) is 12.3. The Balaban J connectivity index is 1.30. The monoisotopic (exact) mass is 685 g/mol. The Hall–Kier alpha value is -3.72. The van der Waals surface area contributed by atoms with Crippen molar-refractivity contribution in [3.63, 3.8) is 0 Å². The molecule has 0 spiro atoms. The van der Waals surface area contributed by atoms with Crippen LogP contribution in [0.2, 0.25) is 0 Å². The van der Waals surface area contributed by atoms with Gasteiger partial charge in [-0.2, -0.15) is 0 Å². The Bertz CT molecular complexity index is 2040. The van der Waals surface area contributed by atoms with Crippen LogP contribution in [0.15, 0.2) is 136 Å². The molecule has 1 saturated heterocycles. The Morgan fingerprint density at radius 3 is 2.10 bits per heavy atom. The van der Waals surface area contributed by atoms with Gasteiger partial charge in [-0.1, -0.05) is 89.5 Å². The fourth-order valence-corrected chi connectivity index (χ4v) is 9.60. The lowest BCUT2D eigenvalue weighted by atomic mass is 9.96. The zero-order valence-electron chi connectivity index (χ0n) is 28.6. The molecule has 0 aliphatic carbocycles. The standard InChI is InChI=1S/C40H47NO5S2/c1-30(2)16-15-27-40(5)39(46-40)28-38(47(42,43)34-19-8-6-9-20-34)32(4)18-14-17-31(3)25-26-33-29-41(37-24-13-12-23-36(33)37)48(44,45)35-21-10-7-11-22-35/h6-13,16,18-25,29,38-39H,14-15,17,26-28H2,1-5H3/b31-25+,32-18+/t38?,39-,40-/m1/s1. The summed E-state index contributed by atoms with van der Waals surface area (Å²) in [6, 6.07) is 24.8. The minimum Gasteiger partial charge on any atom is -0.366 e. The average molecular weight is 686 g/mol. The van der Waals surface area contributed by atoms with Crippen LogP contribution >= 0.6 is 0 Å². The van der Waals surface area contributed by atoms with Gasteiger partial charge in [0.25, 0.3) is 10.0 Å². The number of allylic oxidation sites excluding steroid dienone is 5. The number of ether oxygens (including phenoxy) is 1. The highest BCUT2D eigenvalue weighted by atomic mass is 32.2. The molecule has 0 bridgehead atoms. The summed E-state index contributed by atoms with van der Waals surface area (Å²) in [7, 11) is -7.35. The van der Waals surface area contributed by atoms with E-state index in [-0.39, 0.29) is 16.6 Å². The van der Waals surface area contributed by atoms with Crippen molar-refractivity contribution in [1.29, 1.82) is 0 Å². The summed E-state index contributed by atoms with van der Waals surface area (Å²) < 4.78 is 62.3. The molecule has 1 aliphatic heterocycles. The maximum absolute atomic E-state index is 13.9. The third kappa shape index (κ3) is 8.11. The van der Waals surface area contributed by atoms with Gasteiger partial charge in [-0.05, 0) is 109 Å². The molecular weight excluding hydrogens is 639 g/mol. The Labute approximate surface area is 286 Å². The van der Waals surface area contributed by atoms with Crippen LogP contribution in [0.25, 0.3) is 10.9 Å². The largest absolute Gasteiger partial charge is 0.366 e. The third-order valence-corrected chi connectivity index (χ3v) is 13.3. The van der Waals surface area contributed by atoms with Gasteiger partial charge in [0.2, 0.25) is 0 Å². The quantitative estimate of drug-likeness (QED) is 0.0920. The van der Waals surface area contributed by atoms with Gasteiger partial charge in [0.05, 0.1) is 32.3 Å². The van der Waals surface area contributed by atoms with Gasteiger partial charge < -0.3 is 4.74 Å². The van der Waals surface area contributed by atoms with E-state index in [1.807, 2.05) is 37.3 Å². The molecule has 0 amide bonds. The van der Waals surface area contributed by atoms with Crippen molar-refractivity contribution in [3.05, 3.63) is 132 Å². The highest BCUT2D eigenvalue weighted by Crippen LogP contribution is 2.45. The van der Waals surface area contributed by atoms with E-state index in [0.717, 1.165) is 41.4 Å². The predicted molar refractivity (Wildman–Crippen MR) is 195 cm³/mol. The van der Waals surface area contributed by atoms with Crippen LogP contribution in [-0.4, -0.2) is 37.8 Å². The van der Waals surface area contributed by atoms with Crippen molar-refractivity contribution in [3.8, 4) is 0 Å². The lowest BCUT2D eigenvalue weighted by Gasteiger charge is -2.19. The average Bonchev–Trinajstić information content (AvgIpc) is 3.55. The maximum atomic E-state index is 13.9. The molecule has 0 radical (unpaired) electrons. The van der Waals surface area contributed by atoms with Crippen molar-refractivity contribution in [2.75, 3.05) is 0 Å². The van der Waals surface area contributed by atoms with Crippen LogP contribution in [0.4, 0.5) is 0 Å². The molecule has 5 rings (SSSR count). The molecule has 254 valence electrons. The Kier molecular flexibility index (Phi) is 11.0. The molecule has 3 atom stereocenters. The Morgan fingerprint density at radius 2 is 1.44 bits per heavy atom. The first-order chi connectivity index (χ1) is 22.8. The maximum Gasteiger partial charge on any atom is 0.268 e. The molecule has 8 heteroatoms. The fraction of sp³-hybridized carbons (Fsp3) is 0.350. The number of para-hydroxylation sites is 1. The van der Waals surface area contributed by atoms with E-state index in [0.29, 0.717) is 29.7 Å². The van der Waals surface area contributed by atoms with Crippen LogP contribution in [0.3, 0.4) is 0 Å². The van der Waals surface area contributed by atoms with E-state index in [1.54, 1.807) is 60.8 Å². The summed E-state index contributed by atoms with van der Waals surface area (Å²) in [5, 5.41) is 0.234. The topological polar surface area (TPSA) is 85.7 Å². The number of epoxide rings is 1. The zero-order chi connectivity index (χ0) is 34.5. The van der Waals surface area contributed by atoms with Crippen LogP contribution in [-0.2, 0) is 31.0 Å². The van der Waals surface area contributed by atoms with E-state index >= 15 is 0 Å². The molecule has 3 aromatic carbocycles. The van der Waals surface area contributed by atoms with Crippen molar-refractivity contribution in [2.45, 2.75) is 99.9 Å². The summed E-state index contributed by atoms with van der Waals surface area (Å²) in [6.45, 7) is 10.2. The number of hydrogen-bond donors (Lipinski definition) is 0. The second kappa shape index (κ2) is 14.8. The van der Waals surface area contributed by atoms with Crippen molar-refractivity contribution in [2.24, 2.45) is 0 Å². The molecule has 4 aromatic rings. The second-order valence-electron chi connectivity index (χ2n) is 13.3. The molecule has 2 heterocycles. The Morgan fingerprint density at radius 1 is 0.812 bits per heavy atom. The van der Waals surface area contributed by atoms with E-state index in [4.69, 9.17) is 4.74 Å². The lowest BCUT2D eigenvalue weighted by molar-refractivity contribution is 0.295. The number of fused-ring (bicyclic) bond motifs is 1. The summed E-state index contributed by atoms with van der Waals surface area (Å²) in [4.78, 5) is 0.583. The third-order valence-electron chi connectivity index (χ3n) is 9.35. The smallest absolute Gasteiger partial charge is 0.268 e. The first-order valence-corrected chi connectivity index (χ1v) is 19.6. The van der Waals surface area contributed by atoms with E-state index in [9.17, 15) is 16.8 Å². The van der Waals surface area contributed by atoms with Crippen molar-refractivity contribution < 1.29 is 21.6 Å². The molecule has 1 unspecified atom stereocenters. The highest BCUT2D eigenvalue weighted by molar-refractivity contribution is 7.92. The normalized spacial score (nSPS) is 19.3. The number of benzene rings is 3.